The lowest BCUT2D eigenvalue weighted by Crippen LogP contribution is -2.48. The Morgan fingerprint density at radius 2 is 1.81 bits per heavy atom. The number of rotatable bonds is 1. The SMILES string of the molecule is CN(C(=O)C(C)(C)C)C1CCC2(CCN(C(=O)O)CC2)O1. The molecule has 1 spiro atoms. The van der Waals surface area contributed by atoms with Crippen molar-refractivity contribution in [1.29, 1.82) is 0 Å². The Bertz CT molecular complexity index is 422. The summed E-state index contributed by atoms with van der Waals surface area (Å²) in [5.74, 6) is 0.0764. The fourth-order valence-corrected chi connectivity index (χ4v) is 3.20. The predicted molar refractivity (Wildman–Crippen MR) is 77.9 cm³/mol. The molecule has 2 aliphatic heterocycles. The van der Waals surface area contributed by atoms with E-state index in [9.17, 15) is 9.59 Å². The maximum Gasteiger partial charge on any atom is 0.407 e. The fraction of sp³-hybridized carbons (Fsp3) is 0.867. The van der Waals surface area contributed by atoms with Gasteiger partial charge >= 0.3 is 6.09 Å². The van der Waals surface area contributed by atoms with E-state index in [1.807, 2.05) is 20.8 Å². The van der Waals surface area contributed by atoms with Gasteiger partial charge in [-0.1, -0.05) is 20.8 Å². The Kier molecular flexibility index (Phi) is 4.19. The van der Waals surface area contributed by atoms with Crippen LogP contribution in [0.5, 0.6) is 0 Å². The van der Waals surface area contributed by atoms with Crippen LogP contribution in [0, 0.1) is 5.41 Å². The maximum absolute atomic E-state index is 12.3. The van der Waals surface area contributed by atoms with Gasteiger partial charge in [0.2, 0.25) is 5.91 Å². The van der Waals surface area contributed by atoms with Crippen LogP contribution < -0.4 is 0 Å². The van der Waals surface area contributed by atoms with E-state index in [-0.39, 0.29) is 17.7 Å². The normalized spacial score (nSPS) is 25.1. The molecule has 2 aliphatic rings. The van der Waals surface area contributed by atoms with Gasteiger partial charge in [0.15, 0.2) is 0 Å². The molecule has 0 aromatic rings. The minimum absolute atomic E-state index is 0.0764. The molecule has 2 saturated heterocycles. The van der Waals surface area contributed by atoms with Crippen LogP contribution in [0.4, 0.5) is 4.79 Å². The van der Waals surface area contributed by atoms with Gasteiger partial charge in [-0.05, 0) is 25.7 Å². The molecule has 2 fully saturated rings. The highest BCUT2D eigenvalue weighted by Crippen LogP contribution is 2.40. The van der Waals surface area contributed by atoms with Crippen molar-refractivity contribution in [2.45, 2.75) is 58.3 Å². The topological polar surface area (TPSA) is 70.1 Å². The Hall–Kier alpha value is -1.30. The molecule has 0 aliphatic carbocycles. The van der Waals surface area contributed by atoms with E-state index in [2.05, 4.69) is 0 Å². The lowest BCUT2D eigenvalue weighted by Gasteiger charge is -2.39. The van der Waals surface area contributed by atoms with Gasteiger partial charge in [0.05, 0.1) is 5.60 Å². The molecule has 1 N–H and O–H groups in total. The molecule has 21 heavy (non-hydrogen) atoms. The highest BCUT2D eigenvalue weighted by molar-refractivity contribution is 5.81. The first-order valence-electron chi connectivity index (χ1n) is 7.58. The summed E-state index contributed by atoms with van der Waals surface area (Å²) in [5.41, 5.74) is -0.663. The van der Waals surface area contributed by atoms with Crippen LogP contribution in [0.1, 0.15) is 46.5 Å². The molecule has 0 aromatic heterocycles. The number of hydrogen-bond acceptors (Lipinski definition) is 3. The van der Waals surface area contributed by atoms with E-state index >= 15 is 0 Å². The zero-order valence-corrected chi connectivity index (χ0v) is 13.4. The monoisotopic (exact) mass is 298 g/mol. The average molecular weight is 298 g/mol. The third-order valence-corrected chi connectivity index (χ3v) is 4.57. The predicted octanol–water partition coefficient (Wildman–Crippen LogP) is 2.14. The summed E-state index contributed by atoms with van der Waals surface area (Å²) >= 11 is 0. The Balaban J connectivity index is 1.95. The van der Waals surface area contributed by atoms with E-state index in [4.69, 9.17) is 9.84 Å². The molecule has 1 unspecified atom stereocenters. The first-order chi connectivity index (χ1) is 9.65. The van der Waals surface area contributed by atoms with Crippen LogP contribution in [0.25, 0.3) is 0 Å². The standard InChI is InChI=1S/C15H26N2O4/c1-14(2,3)12(18)16(4)11-5-6-15(21-11)7-9-17(10-8-15)13(19)20/h11H,5-10H2,1-4H3,(H,19,20). The minimum Gasteiger partial charge on any atom is -0.465 e. The molecule has 0 aromatic carbocycles. The van der Waals surface area contributed by atoms with Crippen LogP contribution in [0.3, 0.4) is 0 Å². The minimum atomic E-state index is -0.862. The van der Waals surface area contributed by atoms with Crippen LogP contribution >= 0.6 is 0 Å². The number of ether oxygens (including phenoxy) is 1. The van der Waals surface area contributed by atoms with E-state index in [1.165, 1.54) is 4.90 Å². The summed E-state index contributed by atoms with van der Waals surface area (Å²) in [6, 6.07) is 0. The quantitative estimate of drug-likeness (QED) is 0.805. The lowest BCUT2D eigenvalue weighted by atomic mass is 9.89. The number of carbonyl (C=O) groups is 2. The van der Waals surface area contributed by atoms with E-state index in [1.54, 1.807) is 11.9 Å². The van der Waals surface area contributed by atoms with Crippen molar-refractivity contribution in [1.82, 2.24) is 9.80 Å². The molecule has 120 valence electrons. The Labute approximate surface area is 126 Å². The van der Waals surface area contributed by atoms with Crippen LogP contribution in [-0.2, 0) is 9.53 Å². The van der Waals surface area contributed by atoms with Crippen LogP contribution in [0.15, 0.2) is 0 Å². The van der Waals surface area contributed by atoms with Crippen molar-refractivity contribution in [3.8, 4) is 0 Å². The van der Waals surface area contributed by atoms with E-state index in [0.717, 1.165) is 12.8 Å². The summed E-state index contributed by atoms with van der Waals surface area (Å²) in [5, 5.41) is 9.00. The molecule has 2 amide bonds. The molecule has 0 radical (unpaired) electrons. The van der Waals surface area contributed by atoms with Crippen molar-refractivity contribution >= 4 is 12.0 Å². The lowest BCUT2D eigenvalue weighted by molar-refractivity contribution is -0.160. The second kappa shape index (κ2) is 5.48. The van der Waals surface area contributed by atoms with Crippen molar-refractivity contribution < 1.29 is 19.4 Å². The molecule has 0 bridgehead atoms. The smallest absolute Gasteiger partial charge is 0.407 e. The van der Waals surface area contributed by atoms with Crippen LogP contribution in [-0.4, -0.2) is 58.9 Å². The van der Waals surface area contributed by atoms with Gasteiger partial charge in [0, 0.05) is 25.6 Å². The summed E-state index contributed by atoms with van der Waals surface area (Å²) in [7, 11) is 1.80. The summed E-state index contributed by atoms with van der Waals surface area (Å²) in [4.78, 5) is 26.4. The highest BCUT2D eigenvalue weighted by Gasteiger charge is 2.45. The Morgan fingerprint density at radius 1 is 1.24 bits per heavy atom. The van der Waals surface area contributed by atoms with Gasteiger partial charge in [0.1, 0.15) is 6.23 Å². The van der Waals surface area contributed by atoms with Gasteiger partial charge in [-0.2, -0.15) is 0 Å². The number of piperidine rings is 1. The third-order valence-electron chi connectivity index (χ3n) is 4.57. The third kappa shape index (κ3) is 3.31. The first kappa shape index (κ1) is 16.1. The van der Waals surface area contributed by atoms with Crippen molar-refractivity contribution in [2.24, 2.45) is 5.41 Å². The second-order valence-electron chi connectivity index (χ2n) is 7.23. The maximum atomic E-state index is 12.3. The second-order valence-corrected chi connectivity index (χ2v) is 7.23. The van der Waals surface area contributed by atoms with Crippen molar-refractivity contribution in [3.05, 3.63) is 0 Å². The number of likely N-dealkylation sites (tertiary alicyclic amines) is 1. The van der Waals surface area contributed by atoms with Gasteiger partial charge in [0.25, 0.3) is 0 Å². The van der Waals surface area contributed by atoms with Gasteiger partial charge in [-0.3, -0.25) is 4.79 Å². The van der Waals surface area contributed by atoms with Gasteiger partial charge < -0.3 is 19.6 Å². The van der Waals surface area contributed by atoms with E-state index < -0.39 is 11.5 Å². The number of amides is 2. The fourth-order valence-electron chi connectivity index (χ4n) is 3.20. The summed E-state index contributed by atoms with van der Waals surface area (Å²) in [6.45, 7) is 6.74. The molecule has 6 heteroatoms. The van der Waals surface area contributed by atoms with E-state index in [0.29, 0.717) is 25.9 Å². The zero-order valence-electron chi connectivity index (χ0n) is 13.4. The number of hydrogen-bond donors (Lipinski definition) is 1. The number of nitrogens with zero attached hydrogens (tertiary/aromatic N) is 2. The zero-order chi connectivity index (χ0) is 15.8. The van der Waals surface area contributed by atoms with Gasteiger partial charge in [-0.15, -0.1) is 0 Å². The largest absolute Gasteiger partial charge is 0.465 e. The first-order valence-corrected chi connectivity index (χ1v) is 7.58. The molecular formula is C15H26N2O4. The van der Waals surface area contributed by atoms with Crippen LogP contribution in [0.2, 0.25) is 0 Å². The molecular weight excluding hydrogens is 272 g/mol. The van der Waals surface area contributed by atoms with Crippen molar-refractivity contribution in [2.75, 3.05) is 20.1 Å². The molecule has 1 atom stereocenters. The number of carboxylic acid groups (broad SMARTS) is 1. The van der Waals surface area contributed by atoms with Gasteiger partial charge in [-0.25, -0.2) is 4.79 Å². The average Bonchev–Trinajstić information content (AvgIpc) is 2.80. The summed E-state index contributed by atoms with van der Waals surface area (Å²) < 4.78 is 6.18. The Morgan fingerprint density at radius 3 is 2.29 bits per heavy atom. The molecule has 2 rings (SSSR count). The number of carbonyl (C=O) groups excluding carboxylic acids is 1. The molecule has 6 nitrogen and oxygen atoms in total. The highest BCUT2D eigenvalue weighted by atomic mass is 16.5. The molecule has 2 heterocycles. The molecule has 0 saturated carbocycles. The summed E-state index contributed by atoms with van der Waals surface area (Å²) in [6.07, 6.45) is 2.10. The van der Waals surface area contributed by atoms with Crippen molar-refractivity contribution in [3.63, 3.8) is 0 Å².